The zero-order chi connectivity index (χ0) is 22.0. The Hall–Kier alpha value is -3.72. The highest BCUT2D eigenvalue weighted by Crippen LogP contribution is 2.38. The van der Waals surface area contributed by atoms with Crippen LogP contribution in [0.3, 0.4) is 0 Å². The highest BCUT2D eigenvalue weighted by molar-refractivity contribution is 7.17. The summed E-state index contributed by atoms with van der Waals surface area (Å²) in [6, 6.07) is 9.50. The third-order valence-corrected chi connectivity index (χ3v) is 6.25. The predicted molar refractivity (Wildman–Crippen MR) is 118 cm³/mol. The normalized spacial score (nSPS) is 13.2. The minimum atomic E-state index is -0.543. The van der Waals surface area contributed by atoms with Crippen LogP contribution in [-0.4, -0.2) is 16.7 Å². The Balaban J connectivity index is 1.51. The summed E-state index contributed by atoms with van der Waals surface area (Å²) < 4.78 is 5.65. The molecule has 8 nitrogen and oxygen atoms in total. The van der Waals surface area contributed by atoms with Gasteiger partial charge in [-0.3, -0.25) is 19.7 Å². The zero-order valence-corrected chi connectivity index (χ0v) is 17.2. The molecule has 9 heteroatoms. The predicted octanol–water partition coefficient (Wildman–Crippen LogP) is 4.55. The number of hydrogen-bond donors (Lipinski definition) is 2. The van der Waals surface area contributed by atoms with Gasteiger partial charge in [0.25, 0.3) is 11.6 Å². The van der Waals surface area contributed by atoms with E-state index in [1.807, 2.05) is 0 Å². The number of nitro groups is 1. The van der Waals surface area contributed by atoms with Crippen LogP contribution in [0.4, 0.5) is 10.7 Å². The molecule has 0 saturated carbocycles. The molecule has 0 atom stereocenters. The topological polar surface area (TPSA) is 128 Å². The number of furan rings is 1. The van der Waals surface area contributed by atoms with E-state index in [2.05, 4.69) is 5.32 Å². The summed E-state index contributed by atoms with van der Waals surface area (Å²) in [5.41, 5.74) is 7.19. The van der Waals surface area contributed by atoms with Crippen LogP contribution >= 0.6 is 11.3 Å². The molecule has 4 rings (SSSR count). The van der Waals surface area contributed by atoms with Gasteiger partial charge in [-0.25, -0.2) is 0 Å². The van der Waals surface area contributed by atoms with Crippen molar-refractivity contribution in [3.05, 3.63) is 74.4 Å². The monoisotopic (exact) mass is 437 g/mol. The van der Waals surface area contributed by atoms with E-state index in [4.69, 9.17) is 10.2 Å². The first-order chi connectivity index (χ1) is 14.9. The van der Waals surface area contributed by atoms with Crippen molar-refractivity contribution in [2.75, 3.05) is 5.32 Å². The Morgan fingerprint density at radius 1 is 1.16 bits per heavy atom. The van der Waals surface area contributed by atoms with Crippen molar-refractivity contribution in [3.63, 3.8) is 0 Å². The van der Waals surface area contributed by atoms with Gasteiger partial charge in [0.05, 0.1) is 16.1 Å². The minimum Gasteiger partial charge on any atom is -0.456 e. The minimum absolute atomic E-state index is 0.0641. The summed E-state index contributed by atoms with van der Waals surface area (Å²) in [6.45, 7) is 0. The summed E-state index contributed by atoms with van der Waals surface area (Å²) >= 11 is 1.39. The number of rotatable bonds is 6. The number of aryl methyl sites for hydroxylation is 1. The second-order valence-corrected chi connectivity index (χ2v) is 8.18. The molecule has 2 heterocycles. The number of benzene rings is 1. The highest BCUT2D eigenvalue weighted by Gasteiger charge is 2.24. The Morgan fingerprint density at radius 2 is 1.94 bits per heavy atom. The molecular weight excluding hydrogens is 418 g/mol. The molecule has 3 aromatic rings. The van der Waals surface area contributed by atoms with Gasteiger partial charge in [-0.1, -0.05) is 12.1 Å². The molecule has 1 aliphatic rings. The van der Waals surface area contributed by atoms with Gasteiger partial charge >= 0.3 is 0 Å². The van der Waals surface area contributed by atoms with Crippen molar-refractivity contribution >= 4 is 39.9 Å². The van der Waals surface area contributed by atoms with Gasteiger partial charge in [-0.2, -0.15) is 0 Å². The second kappa shape index (κ2) is 8.57. The maximum atomic E-state index is 12.4. The van der Waals surface area contributed by atoms with E-state index in [1.165, 1.54) is 29.6 Å². The summed E-state index contributed by atoms with van der Waals surface area (Å²) in [5.74, 6) is -0.276. The van der Waals surface area contributed by atoms with Crippen molar-refractivity contribution in [2.45, 2.75) is 25.7 Å². The van der Waals surface area contributed by atoms with Gasteiger partial charge in [-0.05, 0) is 55.5 Å². The SMILES string of the molecule is NC(=O)c1c(NC(=O)/C=C/c2ccc(-c3ccccc3[N+](=O)[O-])o2)sc2c1CCCC2. The molecule has 0 unspecified atom stereocenters. The summed E-state index contributed by atoms with van der Waals surface area (Å²) in [5, 5.41) is 14.4. The number of nitrogens with two attached hydrogens (primary N) is 1. The number of thiophene rings is 1. The smallest absolute Gasteiger partial charge is 0.280 e. The summed E-state index contributed by atoms with van der Waals surface area (Å²) in [6.07, 6.45) is 6.47. The highest BCUT2D eigenvalue weighted by atomic mass is 32.1. The average molecular weight is 437 g/mol. The zero-order valence-electron chi connectivity index (χ0n) is 16.4. The van der Waals surface area contributed by atoms with E-state index in [-0.39, 0.29) is 5.69 Å². The number of fused-ring (bicyclic) bond motifs is 1. The maximum Gasteiger partial charge on any atom is 0.280 e. The fourth-order valence-electron chi connectivity index (χ4n) is 3.65. The fraction of sp³-hybridized carbons (Fsp3) is 0.182. The number of anilines is 1. The molecule has 2 aromatic heterocycles. The molecule has 0 fully saturated rings. The second-order valence-electron chi connectivity index (χ2n) is 7.08. The van der Waals surface area contributed by atoms with E-state index < -0.39 is 16.7 Å². The lowest BCUT2D eigenvalue weighted by atomic mass is 9.95. The molecule has 31 heavy (non-hydrogen) atoms. The lowest BCUT2D eigenvalue weighted by Gasteiger charge is -2.11. The number of para-hydroxylation sites is 1. The van der Waals surface area contributed by atoms with E-state index >= 15 is 0 Å². The lowest BCUT2D eigenvalue weighted by Crippen LogP contribution is -2.17. The van der Waals surface area contributed by atoms with Crippen molar-refractivity contribution < 1.29 is 18.9 Å². The van der Waals surface area contributed by atoms with Crippen LogP contribution in [0, 0.1) is 10.1 Å². The van der Waals surface area contributed by atoms with Gasteiger partial charge in [0.2, 0.25) is 5.91 Å². The first kappa shape index (κ1) is 20.5. The van der Waals surface area contributed by atoms with Crippen LogP contribution in [0.1, 0.15) is 39.4 Å². The van der Waals surface area contributed by atoms with E-state index in [0.717, 1.165) is 36.1 Å². The molecule has 3 N–H and O–H groups in total. The summed E-state index contributed by atoms with van der Waals surface area (Å²) in [7, 11) is 0. The van der Waals surface area contributed by atoms with Gasteiger partial charge in [0.1, 0.15) is 16.5 Å². The third kappa shape index (κ3) is 4.26. The van der Waals surface area contributed by atoms with Crippen LogP contribution in [0.25, 0.3) is 17.4 Å². The molecule has 0 aliphatic heterocycles. The lowest BCUT2D eigenvalue weighted by molar-refractivity contribution is -0.384. The largest absolute Gasteiger partial charge is 0.456 e. The van der Waals surface area contributed by atoms with Crippen LogP contribution in [-0.2, 0) is 17.6 Å². The van der Waals surface area contributed by atoms with Gasteiger partial charge in [0, 0.05) is 17.0 Å². The maximum absolute atomic E-state index is 12.4. The molecule has 0 radical (unpaired) electrons. The summed E-state index contributed by atoms with van der Waals surface area (Å²) in [4.78, 5) is 36.2. The quantitative estimate of drug-likeness (QED) is 0.332. The Morgan fingerprint density at radius 3 is 2.71 bits per heavy atom. The number of hydrogen-bond acceptors (Lipinski definition) is 6. The molecule has 158 valence electrons. The Bertz CT molecular complexity index is 1210. The molecule has 0 saturated heterocycles. The van der Waals surface area contributed by atoms with E-state index in [0.29, 0.717) is 27.6 Å². The Kier molecular flexibility index (Phi) is 5.68. The van der Waals surface area contributed by atoms with Crippen molar-refractivity contribution in [1.82, 2.24) is 0 Å². The van der Waals surface area contributed by atoms with Crippen LogP contribution in [0.5, 0.6) is 0 Å². The molecule has 2 amide bonds. The van der Waals surface area contributed by atoms with Crippen LogP contribution < -0.4 is 11.1 Å². The number of nitro benzene ring substituents is 1. The fourth-order valence-corrected chi connectivity index (χ4v) is 4.95. The van der Waals surface area contributed by atoms with Gasteiger partial charge in [-0.15, -0.1) is 11.3 Å². The first-order valence-electron chi connectivity index (χ1n) is 9.71. The number of carbonyl (C=O) groups is 2. The molecular formula is C22H19N3O5S. The van der Waals surface area contributed by atoms with Gasteiger partial charge in [0.15, 0.2) is 0 Å². The van der Waals surface area contributed by atoms with E-state index in [9.17, 15) is 19.7 Å². The van der Waals surface area contributed by atoms with Crippen molar-refractivity contribution in [2.24, 2.45) is 5.73 Å². The number of amides is 2. The number of nitrogens with one attached hydrogen (secondary N) is 1. The number of nitrogens with zero attached hydrogens (tertiary/aromatic N) is 1. The standard InChI is InChI=1S/C22H19N3O5S/c23-21(27)20-15-6-2-4-8-18(15)31-22(20)24-19(26)12-10-13-9-11-17(30-13)14-5-1-3-7-16(14)25(28)29/h1,3,5,7,9-12H,2,4,6,8H2,(H2,23,27)(H,24,26)/b12-10+. The third-order valence-electron chi connectivity index (χ3n) is 5.05. The number of carbonyl (C=O) groups excluding carboxylic acids is 2. The Labute approximate surface area is 181 Å². The van der Waals surface area contributed by atoms with E-state index in [1.54, 1.807) is 30.3 Å². The van der Waals surface area contributed by atoms with Crippen molar-refractivity contribution in [3.8, 4) is 11.3 Å². The van der Waals surface area contributed by atoms with Crippen LogP contribution in [0.15, 0.2) is 46.9 Å². The van der Waals surface area contributed by atoms with Crippen molar-refractivity contribution in [1.29, 1.82) is 0 Å². The molecule has 0 spiro atoms. The first-order valence-corrected chi connectivity index (χ1v) is 10.5. The molecule has 1 aromatic carbocycles. The average Bonchev–Trinajstić information content (AvgIpc) is 3.36. The molecule has 1 aliphatic carbocycles. The number of primary amides is 1. The molecule has 0 bridgehead atoms. The van der Waals surface area contributed by atoms with Gasteiger partial charge < -0.3 is 15.5 Å². The van der Waals surface area contributed by atoms with Crippen LogP contribution in [0.2, 0.25) is 0 Å².